The minimum Gasteiger partial charge on any atom is -0.339 e. The minimum atomic E-state index is -0.387. The quantitative estimate of drug-likeness (QED) is 0.656. The van der Waals surface area contributed by atoms with E-state index >= 15 is 0 Å². The molecule has 3 rings (SSSR count). The van der Waals surface area contributed by atoms with Crippen molar-refractivity contribution in [3.8, 4) is 0 Å². The van der Waals surface area contributed by atoms with Gasteiger partial charge in [-0.15, -0.1) is 10.2 Å². The maximum absolute atomic E-state index is 12.2. The summed E-state index contributed by atoms with van der Waals surface area (Å²) in [6.45, 7) is 1.49. The molecular weight excluding hydrogens is 352 g/mol. The number of nitrogens with one attached hydrogen (secondary N) is 2. The molecule has 0 saturated heterocycles. The van der Waals surface area contributed by atoms with Crippen LogP contribution in [-0.4, -0.2) is 21.9 Å². The summed E-state index contributed by atoms with van der Waals surface area (Å²) in [5.41, 5.74) is 2.11. The summed E-state index contributed by atoms with van der Waals surface area (Å²) in [6.07, 6.45) is 0. The van der Waals surface area contributed by atoms with E-state index in [-0.39, 0.29) is 17.4 Å². The number of benzene rings is 2. The molecule has 0 spiro atoms. The molecule has 0 saturated carbocycles. The van der Waals surface area contributed by atoms with Crippen LogP contribution in [0, 0.1) is 0 Å². The van der Waals surface area contributed by atoms with Crippen LogP contribution >= 0.6 is 11.6 Å². The zero-order valence-corrected chi connectivity index (χ0v) is 14.6. The Morgan fingerprint density at radius 2 is 1.69 bits per heavy atom. The molecule has 130 valence electrons. The molecule has 6 nitrogen and oxygen atoms in total. The van der Waals surface area contributed by atoms with Crippen molar-refractivity contribution in [2.45, 2.75) is 6.92 Å². The Morgan fingerprint density at radius 3 is 2.31 bits per heavy atom. The summed E-state index contributed by atoms with van der Waals surface area (Å²) in [7, 11) is 0. The third kappa shape index (κ3) is 4.43. The molecule has 7 heteroatoms. The first kappa shape index (κ1) is 17.6. The zero-order valence-electron chi connectivity index (χ0n) is 13.9. The number of carbonyl (C=O) groups excluding carboxylic acids is 2. The highest BCUT2D eigenvalue weighted by Crippen LogP contribution is 2.18. The van der Waals surface area contributed by atoms with Crippen molar-refractivity contribution in [3.63, 3.8) is 0 Å². The number of hydrogen-bond donors (Lipinski definition) is 2. The van der Waals surface area contributed by atoms with E-state index in [0.717, 1.165) is 5.69 Å². The lowest BCUT2D eigenvalue weighted by Crippen LogP contribution is -2.14. The number of aromatic nitrogens is 2. The fraction of sp³-hybridized carbons (Fsp3) is 0.0526. The number of Topliss-reactive ketones (excluding diaryl/α,β-unsaturated/α-hetero) is 1. The Balaban J connectivity index is 1.65. The Morgan fingerprint density at radius 1 is 0.923 bits per heavy atom. The van der Waals surface area contributed by atoms with Gasteiger partial charge in [-0.25, -0.2) is 0 Å². The molecule has 1 amide bonds. The maximum Gasteiger partial charge on any atom is 0.276 e. The number of nitrogens with zero attached hydrogens (tertiary/aromatic N) is 2. The Labute approximate surface area is 155 Å². The largest absolute Gasteiger partial charge is 0.339 e. The number of carbonyl (C=O) groups is 2. The van der Waals surface area contributed by atoms with E-state index in [4.69, 9.17) is 11.6 Å². The average molecular weight is 367 g/mol. The predicted octanol–water partition coefficient (Wildman–Crippen LogP) is 4.33. The first-order valence-corrected chi connectivity index (χ1v) is 8.18. The molecule has 0 aliphatic rings. The number of rotatable bonds is 5. The lowest BCUT2D eigenvalue weighted by atomic mass is 10.1. The third-order valence-electron chi connectivity index (χ3n) is 3.54. The molecule has 0 radical (unpaired) electrons. The molecule has 0 unspecified atom stereocenters. The van der Waals surface area contributed by atoms with Crippen molar-refractivity contribution >= 4 is 40.5 Å². The van der Waals surface area contributed by atoms with Gasteiger partial charge in [-0.3, -0.25) is 9.59 Å². The molecular formula is C19H15ClN4O2. The monoisotopic (exact) mass is 366 g/mol. The minimum absolute atomic E-state index is 0.0310. The van der Waals surface area contributed by atoms with E-state index in [1.165, 1.54) is 6.92 Å². The van der Waals surface area contributed by atoms with Crippen molar-refractivity contribution in [1.82, 2.24) is 10.2 Å². The Bertz CT molecular complexity index is 941. The molecule has 0 fully saturated rings. The zero-order chi connectivity index (χ0) is 18.5. The SMILES string of the molecule is CC(=O)c1ccc(NC(=O)c2ccc(Nc3cccc(Cl)c3)nn2)cc1. The highest BCUT2D eigenvalue weighted by atomic mass is 35.5. The molecule has 1 aromatic heterocycles. The molecule has 0 bridgehead atoms. The van der Waals surface area contributed by atoms with Crippen LogP contribution in [-0.2, 0) is 0 Å². The standard InChI is InChI=1S/C19H15ClN4O2/c1-12(25)13-5-7-15(8-6-13)22-19(26)17-9-10-18(24-23-17)21-16-4-2-3-14(20)11-16/h2-11H,1H3,(H,21,24)(H,22,26). The van der Waals surface area contributed by atoms with Gasteiger partial charge < -0.3 is 10.6 Å². The van der Waals surface area contributed by atoms with Gasteiger partial charge in [0.05, 0.1) is 0 Å². The van der Waals surface area contributed by atoms with Crippen LogP contribution in [0.3, 0.4) is 0 Å². The van der Waals surface area contributed by atoms with Gasteiger partial charge in [0.25, 0.3) is 5.91 Å². The van der Waals surface area contributed by atoms with E-state index in [9.17, 15) is 9.59 Å². The first-order chi connectivity index (χ1) is 12.5. The molecule has 0 aliphatic heterocycles. The van der Waals surface area contributed by atoms with Gasteiger partial charge in [0, 0.05) is 22.0 Å². The summed E-state index contributed by atoms with van der Waals surface area (Å²) in [5.74, 6) is 0.0774. The number of halogens is 1. The molecule has 0 aliphatic carbocycles. The molecule has 2 aromatic carbocycles. The van der Waals surface area contributed by atoms with Crippen molar-refractivity contribution in [3.05, 3.63) is 76.9 Å². The van der Waals surface area contributed by atoms with Crippen LogP contribution in [0.15, 0.2) is 60.7 Å². The number of hydrogen-bond acceptors (Lipinski definition) is 5. The molecule has 26 heavy (non-hydrogen) atoms. The average Bonchev–Trinajstić information content (AvgIpc) is 2.63. The summed E-state index contributed by atoms with van der Waals surface area (Å²) >= 11 is 5.93. The lowest BCUT2D eigenvalue weighted by Gasteiger charge is -2.07. The lowest BCUT2D eigenvalue weighted by molar-refractivity contribution is 0.101. The Kier molecular flexibility index (Phi) is 5.24. The van der Waals surface area contributed by atoms with Crippen molar-refractivity contribution < 1.29 is 9.59 Å². The van der Waals surface area contributed by atoms with Gasteiger partial charge in [0.2, 0.25) is 0 Å². The van der Waals surface area contributed by atoms with Crippen LogP contribution in [0.4, 0.5) is 17.2 Å². The number of anilines is 3. The summed E-state index contributed by atoms with van der Waals surface area (Å²) in [5, 5.41) is 14.3. The number of ketones is 1. The van der Waals surface area contributed by atoms with Gasteiger partial charge in [-0.1, -0.05) is 17.7 Å². The second-order valence-electron chi connectivity index (χ2n) is 5.53. The smallest absolute Gasteiger partial charge is 0.276 e. The molecule has 0 atom stereocenters. The molecule has 2 N–H and O–H groups in total. The van der Waals surface area contributed by atoms with E-state index in [0.29, 0.717) is 22.1 Å². The van der Waals surface area contributed by atoms with E-state index in [1.54, 1.807) is 48.5 Å². The van der Waals surface area contributed by atoms with Crippen LogP contribution in [0.25, 0.3) is 0 Å². The predicted molar refractivity (Wildman–Crippen MR) is 101 cm³/mol. The van der Waals surface area contributed by atoms with E-state index in [2.05, 4.69) is 20.8 Å². The van der Waals surface area contributed by atoms with Crippen LogP contribution in [0.1, 0.15) is 27.8 Å². The fourth-order valence-electron chi connectivity index (χ4n) is 2.22. The van der Waals surface area contributed by atoms with Crippen molar-refractivity contribution in [2.75, 3.05) is 10.6 Å². The summed E-state index contributed by atoms with van der Waals surface area (Å²) in [6, 6.07) is 17.1. The van der Waals surface area contributed by atoms with E-state index in [1.807, 2.05) is 12.1 Å². The third-order valence-corrected chi connectivity index (χ3v) is 3.78. The fourth-order valence-corrected chi connectivity index (χ4v) is 2.41. The summed E-state index contributed by atoms with van der Waals surface area (Å²) in [4.78, 5) is 23.5. The van der Waals surface area contributed by atoms with Gasteiger partial charge in [-0.05, 0) is 61.5 Å². The first-order valence-electron chi connectivity index (χ1n) is 7.80. The second kappa shape index (κ2) is 7.76. The van der Waals surface area contributed by atoms with Gasteiger partial charge in [0.1, 0.15) is 0 Å². The van der Waals surface area contributed by atoms with Gasteiger partial charge >= 0.3 is 0 Å². The van der Waals surface area contributed by atoms with Crippen LogP contribution < -0.4 is 10.6 Å². The molecule has 3 aromatic rings. The van der Waals surface area contributed by atoms with Gasteiger partial charge in [0.15, 0.2) is 17.3 Å². The van der Waals surface area contributed by atoms with Crippen molar-refractivity contribution in [2.24, 2.45) is 0 Å². The summed E-state index contributed by atoms with van der Waals surface area (Å²) < 4.78 is 0. The Hall–Kier alpha value is -3.25. The van der Waals surface area contributed by atoms with Crippen LogP contribution in [0.5, 0.6) is 0 Å². The van der Waals surface area contributed by atoms with Gasteiger partial charge in [-0.2, -0.15) is 0 Å². The normalized spacial score (nSPS) is 10.2. The molecule has 1 heterocycles. The highest BCUT2D eigenvalue weighted by molar-refractivity contribution is 6.30. The topological polar surface area (TPSA) is 84.0 Å². The maximum atomic E-state index is 12.2. The second-order valence-corrected chi connectivity index (χ2v) is 5.96. The van der Waals surface area contributed by atoms with Crippen molar-refractivity contribution in [1.29, 1.82) is 0 Å². The number of amides is 1. The highest BCUT2D eigenvalue weighted by Gasteiger charge is 2.09. The van der Waals surface area contributed by atoms with E-state index < -0.39 is 0 Å². The van der Waals surface area contributed by atoms with Crippen LogP contribution in [0.2, 0.25) is 5.02 Å².